The number of benzene rings is 1. The van der Waals surface area contributed by atoms with Crippen LogP contribution in [-0.2, 0) is 27.2 Å². The predicted molar refractivity (Wildman–Crippen MR) is 129 cm³/mol. The summed E-state index contributed by atoms with van der Waals surface area (Å²) in [6, 6.07) is 7.48. The summed E-state index contributed by atoms with van der Waals surface area (Å²) >= 11 is 0. The number of nitrogens with one attached hydrogen (secondary N) is 2. The molecular formula is C27H35N3O4. The van der Waals surface area contributed by atoms with Gasteiger partial charge in [0.2, 0.25) is 17.7 Å². The van der Waals surface area contributed by atoms with Gasteiger partial charge in [0.25, 0.3) is 0 Å². The molecule has 1 unspecified atom stereocenters. The number of hydrogen-bond donors (Lipinski definition) is 2. The molecule has 1 aromatic heterocycles. The monoisotopic (exact) mass is 465 g/mol. The summed E-state index contributed by atoms with van der Waals surface area (Å²) < 4.78 is 5.30. The van der Waals surface area contributed by atoms with Gasteiger partial charge in [-0.2, -0.15) is 0 Å². The molecule has 3 atom stereocenters. The van der Waals surface area contributed by atoms with Gasteiger partial charge in [-0.15, -0.1) is 0 Å². The van der Waals surface area contributed by atoms with Gasteiger partial charge in [0.15, 0.2) is 0 Å². The number of rotatable bonds is 6. The highest BCUT2D eigenvalue weighted by Gasteiger charge is 2.49. The highest BCUT2D eigenvalue weighted by atomic mass is 16.3. The van der Waals surface area contributed by atoms with Crippen LogP contribution in [0.2, 0.25) is 0 Å². The Bertz CT molecular complexity index is 1030. The van der Waals surface area contributed by atoms with Crippen LogP contribution in [0.1, 0.15) is 63.8 Å². The molecule has 3 amide bonds. The number of carbonyl (C=O) groups excluding carboxylic acids is 3. The highest BCUT2D eigenvalue weighted by molar-refractivity contribution is 6.00. The molecule has 2 aromatic rings. The van der Waals surface area contributed by atoms with Gasteiger partial charge in [0.1, 0.15) is 18.1 Å². The molecule has 2 aliphatic rings. The van der Waals surface area contributed by atoms with Crippen molar-refractivity contribution in [2.75, 3.05) is 0 Å². The predicted octanol–water partition coefficient (Wildman–Crippen LogP) is 3.39. The molecule has 182 valence electrons. The molecule has 0 spiro atoms. The third kappa shape index (κ3) is 4.88. The molecule has 4 rings (SSSR count). The fourth-order valence-corrected chi connectivity index (χ4v) is 5.18. The molecule has 1 aliphatic heterocycles. The molecule has 7 nitrogen and oxygen atoms in total. The van der Waals surface area contributed by atoms with Crippen molar-refractivity contribution in [3.05, 3.63) is 59.5 Å². The summed E-state index contributed by atoms with van der Waals surface area (Å²) in [7, 11) is 0. The number of amides is 3. The summed E-state index contributed by atoms with van der Waals surface area (Å²) in [5.74, 6) is -0.621. The van der Waals surface area contributed by atoms with Gasteiger partial charge < -0.3 is 20.0 Å². The largest absolute Gasteiger partial charge is 0.472 e. The Balaban J connectivity index is 1.72. The Morgan fingerprint density at radius 2 is 1.79 bits per heavy atom. The van der Waals surface area contributed by atoms with Crippen molar-refractivity contribution in [3.63, 3.8) is 0 Å². The lowest BCUT2D eigenvalue weighted by atomic mass is 9.88. The number of furan rings is 1. The first kappa shape index (κ1) is 24.0. The van der Waals surface area contributed by atoms with E-state index in [9.17, 15) is 14.4 Å². The zero-order valence-electron chi connectivity index (χ0n) is 20.6. The zero-order valence-corrected chi connectivity index (χ0v) is 20.6. The lowest BCUT2D eigenvalue weighted by Crippen LogP contribution is -2.67. The van der Waals surface area contributed by atoms with Gasteiger partial charge in [0, 0.05) is 11.1 Å². The van der Waals surface area contributed by atoms with Crippen molar-refractivity contribution < 1.29 is 18.8 Å². The van der Waals surface area contributed by atoms with Crippen LogP contribution in [0, 0.1) is 11.8 Å². The summed E-state index contributed by atoms with van der Waals surface area (Å²) in [4.78, 5) is 42.7. The molecule has 0 bridgehead atoms. The molecule has 0 saturated carbocycles. The molecule has 1 saturated heterocycles. The van der Waals surface area contributed by atoms with E-state index in [0.717, 1.165) is 12.8 Å². The first-order valence-electron chi connectivity index (χ1n) is 12.1. The molecule has 1 fully saturated rings. The van der Waals surface area contributed by atoms with Gasteiger partial charge in [-0.05, 0) is 69.1 Å². The summed E-state index contributed by atoms with van der Waals surface area (Å²) in [5.41, 5.74) is 2.48. The van der Waals surface area contributed by atoms with E-state index < -0.39 is 23.7 Å². The van der Waals surface area contributed by atoms with Crippen LogP contribution in [0.15, 0.2) is 47.3 Å². The van der Waals surface area contributed by atoms with E-state index in [4.69, 9.17) is 4.42 Å². The van der Waals surface area contributed by atoms with Gasteiger partial charge in [0.05, 0.1) is 12.5 Å². The minimum atomic E-state index is -0.952. The Morgan fingerprint density at radius 3 is 2.32 bits per heavy atom. The maximum absolute atomic E-state index is 14.1. The van der Waals surface area contributed by atoms with E-state index in [-0.39, 0.29) is 29.6 Å². The topological polar surface area (TPSA) is 91.7 Å². The highest BCUT2D eigenvalue weighted by Crippen LogP contribution is 2.35. The fourth-order valence-electron chi connectivity index (χ4n) is 5.18. The Morgan fingerprint density at radius 1 is 1.15 bits per heavy atom. The first-order valence-corrected chi connectivity index (χ1v) is 12.1. The van der Waals surface area contributed by atoms with Crippen molar-refractivity contribution in [1.82, 2.24) is 15.5 Å². The SMILES string of the molecule is CC(C)C[C@@H]1C(=O)NC(C2Cc3ccccc3C2)C(=O)N1[C@@H](C(=O)NC(C)(C)C)c1ccoc1. The standard InChI is InChI=1S/C27H35N3O4/c1-16(2)12-21-24(31)28-22(20-13-17-8-6-7-9-18(17)14-20)26(33)30(21)23(19-10-11-34-15-19)25(32)29-27(3,4)5/h6-11,15-16,20-23H,12-14H2,1-5H3,(H,28,31)(H,29,32)/t21-,22?,23-/m1/s1. The van der Waals surface area contributed by atoms with E-state index in [1.165, 1.54) is 28.6 Å². The third-order valence-electron chi connectivity index (χ3n) is 6.59. The third-order valence-corrected chi connectivity index (χ3v) is 6.59. The van der Waals surface area contributed by atoms with Crippen LogP contribution >= 0.6 is 0 Å². The van der Waals surface area contributed by atoms with Gasteiger partial charge >= 0.3 is 0 Å². The summed E-state index contributed by atoms with van der Waals surface area (Å²) in [6.45, 7) is 9.71. The van der Waals surface area contributed by atoms with Crippen LogP contribution in [0.3, 0.4) is 0 Å². The van der Waals surface area contributed by atoms with Crippen molar-refractivity contribution in [2.45, 2.75) is 77.5 Å². The second-order valence-electron chi connectivity index (χ2n) is 11.0. The molecule has 34 heavy (non-hydrogen) atoms. The smallest absolute Gasteiger partial charge is 0.248 e. The van der Waals surface area contributed by atoms with Crippen LogP contribution in [0.25, 0.3) is 0 Å². The van der Waals surface area contributed by atoms with Gasteiger partial charge in [-0.1, -0.05) is 38.1 Å². The lowest BCUT2D eigenvalue weighted by molar-refractivity contribution is -0.158. The number of carbonyl (C=O) groups is 3. The maximum atomic E-state index is 14.1. The van der Waals surface area contributed by atoms with E-state index in [0.29, 0.717) is 12.0 Å². The van der Waals surface area contributed by atoms with Crippen molar-refractivity contribution in [3.8, 4) is 0 Å². The molecule has 1 aromatic carbocycles. The molecule has 0 radical (unpaired) electrons. The second-order valence-corrected chi connectivity index (χ2v) is 11.0. The van der Waals surface area contributed by atoms with E-state index in [2.05, 4.69) is 22.8 Å². The van der Waals surface area contributed by atoms with Crippen LogP contribution in [0.5, 0.6) is 0 Å². The first-order chi connectivity index (χ1) is 16.0. The Hall–Kier alpha value is -3.09. The molecule has 1 aliphatic carbocycles. The van der Waals surface area contributed by atoms with Crippen molar-refractivity contribution in [1.29, 1.82) is 0 Å². The van der Waals surface area contributed by atoms with Crippen LogP contribution in [-0.4, -0.2) is 40.2 Å². The average Bonchev–Trinajstić information content (AvgIpc) is 3.41. The molecule has 2 N–H and O–H groups in total. The van der Waals surface area contributed by atoms with Gasteiger partial charge in [-0.25, -0.2) is 0 Å². The normalized spacial score (nSPS) is 22.0. The zero-order chi connectivity index (χ0) is 24.6. The maximum Gasteiger partial charge on any atom is 0.248 e. The second kappa shape index (κ2) is 9.28. The van der Waals surface area contributed by atoms with Gasteiger partial charge in [-0.3, -0.25) is 14.4 Å². The van der Waals surface area contributed by atoms with E-state index >= 15 is 0 Å². The van der Waals surface area contributed by atoms with Crippen molar-refractivity contribution >= 4 is 17.7 Å². The lowest BCUT2D eigenvalue weighted by Gasteiger charge is -2.45. The van der Waals surface area contributed by atoms with Crippen LogP contribution < -0.4 is 10.6 Å². The summed E-state index contributed by atoms with van der Waals surface area (Å²) in [5, 5.41) is 6.04. The quantitative estimate of drug-likeness (QED) is 0.684. The average molecular weight is 466 g/mol. The number of piperazine rings is 1. The summed E-state index contributed by atoms with van der Waals surface area (Å²) in [6.07, 6.45) is 4.88. The van der Waals surface area contributed by atoms with E-state index in [1.54, 1.807) is 6.07 Å². The Kier molecular flexibility index (Phi) is 6.56. The minimum Gasteiger partial charge on any atom is -0.472 e. The minimum absolute atomic E-state index is 0.0490. The number of nitrogens with zero attached hydrogens (tertiary/aromatic N) is 1. The fraction of sp³-hybridized carbons (Fsp3) is 0.519. The number of hydrogen-bond acceptors (Lipinski definition) is 4. The van der Waals surface area contributed by atoms with E-state index in [1.807, 2.05) is 46.8 Å². The molecule has 2 heterocycles. The van der Waals surface area contributed by atoms with Crippen LogP contribution in [0.4, 0.5) is 0 Å². The van der Waals surface area contributed by atoms with Crippen molar-refractivity contribution in [2.24, 2.45) is 11.8 Å². The number of fused-ring (bicyclic) bond motifs is 1. The Labute approximate surface area is 201 Å². The molecule has 7 heteroatoms. The molecular weight excluding hydrogens is 430 g/mol.